The number of hydrogen-bond donors (Lipinski definition) is 2. The number of anilines is 1. The fourth-order valence-electron chi connectivity index (χ4n) is 1.71. The minimum absolute atomic E-state index is 0.0251. The molecular weight excluding hydrogens is 262 g/mol. The lowest BCUT2D eigenvalue weighted by atomic mass is 10.2. The number of hydrogen-bond acceptors (Lipinski definition) is 2. The summed E-state index contributed by atoms with van der Waals surface area (Å²) in [4.78, 5) is 11.6. The third-order valence-corrected chi connectivity index (χ3v) is 2.71. The lowest BCUT2D eigenvalue weighted by molar-refractivity contribution is -0.115. The van der Waals surface area contributed by atoms with Gasteiger partial charge in [0.1, 0.15) is 11.6 Å². The van der Waals surface area contributed by atoms with Crippen molar-refractivity contribution in [2.45, 2.75) is 6.54 Å². The van der Waals surface area contributed by atoms with Gasteiger partial charge in [-0.15, -0.1) is 0 Å². The predicted octanol–water partition coefficient (Wildman–Crippen LogP) is 2.69. The van der Waals surface area contributed by atoms with E-state index in [-0.39, 0.29) is 30.5 Å². The van der Waals surface area contributed by atoms with E-state index in [1.165, 1.54) is 18.2 Å². The van der Waals surface area contributed by atoms with Gasteiger partial charge in [-0.1, -0.05) is 30.3 Å². The van der Waals surface area contributed by atoms with Crippen molar-refractivity contribution in [1.29, 1.82) is 0 Å². The summed E-state index contributed by atoms with van der Waals surface area (Å²) in [7, 11) is 0. The van der Waals surface area contributed by atoms with E-state index < -0.39 is 5.82 Å². The fourth-order valence-corrected chi connectivity index (χ4v) is 1.71. The highest BCUT2D eigenvalue weighted by Gasteiger charge is 2.06. The van der Waals surface area contributed by atoms with Crippen molar-refractivity contribution in [2.75, 3.05) is 11.9 Å². The van der Waals surface area contributed by atoms with Crippen LogP contribution in [0, 0.1) is 11.6 Å². The van der Waals surface area contributed by atoms with Crippen molar-refractivity contribution >= 4 is 11.6 Å². The Morgan fingerprint density at radius 2 is 1.60 bits per heavy atom. The lowest BCUT2D eigenvalue weighted by Crippen LogP contribution is -2.28. The Morgan fingerprint density at radius 1 is 0.950 bits per heavy atom. The first kappa shape index (κ1) is 14.1. The van der Waals surface area contributed by atoms with Gasteiger partial charge in [0.05, 0.1) is 12.2 Å². The molecule has 20 heavy (non-hydrogen) atoms. The van der Waals surface area contributed by atoms with Crippen LogP contribution in [-0.4, -0.2) is 12.5 Å². The molecule has 2 aromatic carbocycles. The molecule has 0 radical (unpaired) electrons. The molecule has 0 fully saturated rings. The molecule has 5 heteroatoms. The molecule has 0 aliphatic carbocycles. The maximum absolute atomic E-state index is 13.3. The number of para-hydroxylation sites is 1. The Morgan fingerprint density at radius 3 is 2.30 bits per heavy atom. The van der Waals surface area contributed by atoms with E-state index in [4.69, 9.17) is 0 Å². The first-order chi connectivity index (χ1) is 9.66. The number of carbonyl (C=O) groups excluding carboxylic acids is 1. The van der Waals surface area contributed by atoms with Crippen LogP contribution in [0.2, 0.25) is 0 Å². The second kappa shape index (κ2) is 6.77. The standard InChI is InChI=1S/C15H14F2N2O/c16-12-6-2-1-5-11(12)9-18-10-15(20)19-14-8-4-3-7-13(14)17/h1-8,18H,9-10H2,(H,19,20). The van der Waals surface area contributed by atoms with Crippen LogP contribution >= 0.6 is 0 Å². The molecule has 0 spiro atoms. The summed E-state index contributed by atoms with van der Waals surface area (Å²) in [6.45, 7) is 0.208. The Bertz CT molecular complexity index is 602. The molecule has 2 N–H and O–H groups in total. The average molecular weight is 276 g/mol. The average Bonchev–Trinajstić information content (AvgIpc) is 2.43. The number of carbonyl (C=O) groups is 1. The van der Waals surface area contributed by atoms with Crippen molar-refractivity contribution in [3.8, 4) is 0 Å². The van der Waals surface area contributed by atoms with Crippen LogP contribution in [0.4, 0.5) is 14.5 Å². The zero-order chi connectivity index (χ0) is 14.4. The van der Waals surface area contributed by atoms with Crippen LogP contribution in [0.25, 0.3) is 0 Å². The Balaban J connectivity index is 1.82. The summed E-state index contributed by atoms with van der Waals surface area (Å²) in [6.07, 6.45) is 0. The summed E-state index contributed by atoms with van der Waals surface area (Å²) >= 11 is 0. The minimum atomic E-state index is -0.491. The molecule has 2 aromatic rings. The van der Waals surface area contributed by atoms with Crippen molar-refractivity contribution < 1.29 is 13.6 Å². The van der Waals surface area contributed by atoms with Crippen molar-refractivity contribution in [2.24, 2.45) is 0 Å². The molecule has 0 saturated carbocycles. The molecule has 0 aliphatic heterocycles. The van der Waals surface area contributed by atoms with Gasteiger partial charge in [-0.3, -0.25) is 4.79 Å². The largest absolute Gasteiger partial charge is 0.322 e. The topological polar surface area (TPSA) is 41.1 Å². The second-order valence-electron chi connectivity index (χ2n) is 4.22. The van der Waals surface area contributed by atoms with Crippen molar-refractivity contribution in [3.05, 3.63) is 65.7 Å². The number of nitrogens with one attached hydrogen (secondary N) is 2. The summed E-state index contributed by atoms with van der Waals surface area (Å²) in [5.41, 5.74) is 0.608. The smallest absolute Gasteiger partial charge is 0.238 e. The highest BCUT2D eigenvalue weighted by molar-refractivity contribution is 5.92. The first-order valence-electron chi connectivity index (χ1n) is 6.15. The molecule has 2 rings (SSSR count). The highest BCUT2D eigenvalue weighted by atomic mass is 19.1. The van der Waals surface area contributed by atoms with Crippen LogP contribution in [0.3, 0.4) is 0 Å². The maximum Gasteiger partial charge on any atom is 0.238 e. The van der Waals surface area contributed by atoms with E-state index in [9.17, 15) is 13.6 Å². The lowest BCUT2D eigenvalue weighted by Gasteiger charge is -2.08. The van der Waals surface area contributed by atoms with Crippen LogP contribution in [0.15, 0.2) is 48.5 Å². The van der Waals surface area contributed by atoms with Gasteiger partial charge in [0.15, 0.2) is 0 Å². The molecule has 0 saturated heterocycles. The van der Waals surface area contributed by atoms with Gasteiger partial charge in [0.2, 0.25) is 5.91 Å². The van der Waals surface area contributed by atoms with Crippen LogP contribution < -0.4 is 10.6 Å². The molecule has 0 unspecified atom stereocenters. The van der Waals surface area contributed by atoms with E-state index in [1.807, 2.05) is 0 Å². The van der Waals surface area contributed by atoms with Crippen LogP contribution in [0.5, 0.6) is 0 Å². The SMILES string of the molecule is O=C(CNCc1ccccc1F)Nc1ccccc1F. The number of amides is 1. The molecule has 1 amide bonds. The Hall–Kier alpha value is -2.27. The van der Waals surface area contributed by atoms with Gasteiger partial charge >= 0.3 is 0 Å². The van der Waals surface area contributed by atoms with Gasteiger partial charge in [0.25, 0.3) is 0 Å². The Labute approximate surface area is 115 Å². The fraction of sp³-hybridized carbons (Fsp3) is 0.133. The third kappa shape index (κ3) is 3.86. The van der Waals surface area contributed by atoms with E-state index in [0.29, 0.717) is 5.56 Å². The summed E-state index contributed by atoms with van der Waals surface area (Å²) in [5, 5.41) is 5.25. The van der Waals surface area contributed by atoms with Gasteiger partial charge in [-0.05, 0) is 18.2 Å². The monoisotopic (exact) mass is 276 g/mol. The van der Waals surface area contributed by atoms with Crippen LogP contribution in [-0.2, 0) is 11.3 Å². The minimum Gasteiger partial charge on any atom is -0.322 e. The molecule has 0 aromatic heterocycles. The van der Waals surface area contributed by atoms with Gasteiger partial charge < -0.3 is 10.6 Å². The van der Waals surface area contributed by atoms with E-state index >= 15 is 0 Å². The first-order valence-corrected chi connectivity index (χ1v) is 6.15. The van der Waals surface area contributed by atoms with E-state index in [0.717, 1.165) is 0 Å². The third-order valence-electron chi connectivity index (χ3n) is 2.71. The summed E-state index contributed by atoms with van der Waals surface area (Å²) < 4.78 is 26.6. The maximum atomic E-state index is 13.3. The predicted molar refractivity (Wildman–Crippen MR) is 73.1 cm³/mol. The van der Waals surface area contributed by atoms with Crippen LogP contribution in [0.1, 0.15) is 5.56 Å². The van der Waals surface area contributed by atoms with Gasteiger partial charge in [-0.25, -0.2) is 8.78 Å². The van der Waals surface area contributed by atoms with Crippen molar-refractivity contribution in [1.82, 2.24) is 5.32 Å². The number of rotatable bonds is 5. The summed E-state index contributed by atoms with van der Waals surface area (Å²) in [5.74, 6) is -1.20. The van der Waals surface area contributed by atoms with E-state index in [1.54, 1.807) is 30.3 Å². The number of benzene rings is 2. The molecule has 0 atom stereocenters. The molecule has 0 bridgehead atoms. The number of halogens is 2. The van der Waals surface area contributed by atoms with Crippen molar-refractivity contribution in [3.63, 3.8) is 0 Å². The van der Waals surface area contributed by atoms with E-state index in [2.05, 4.69) is 10.6 Å². The molecule has 0 heterocycles. The van der Waals surface area contributed by atoms with Gasteiger partial charge in [0, 0.05) is 12.1 Å². The Kier molecular flexibility index (Phi) is 4.79. The normalized spacial score (nSPS) is 10.3. The van der Waals surface area contributed by atoms with Gasteiger partial charge in [-0.2, -0.15) is 0 Å². The second-order valence-corrected chi connectivity index (χ2v) is 4.22. The highest BCUT2D eigenvalue weighted by Crippen LogP contribution is 2.11. The molecular formula is C15H14F2N2O. The quantitative estimate of drug-likeness (QED) is 0.881. The zero-order valence-corrected chi connectivity index (χ0v) is 10.7. The molecule has 0 aliphatic rings. The summed E-state index contributed by atoms with van der Waals surface area (Å²) in [6, 6.07) is 12.2. The zero-order valence-electron chi connectivity index (χ0n) is 10.7. The molecule has 104 valence electrons. The molecule has 3 nitrogen and oxygen atoms in total.